The van der Waals surface area contributed by atoms with E-state index in [0.717, 1.165) is 58.4 Å². The summed E-state index contributed by atoms with van der Waals surface area (Å²) in [5.41, 5.74) is 10.4. The maximum atomic E-state index is 6.93. The highest BCUT2D eigenvalue weighted by molar-refractivity contribution is 7.99. The number of thioether (sulfide) groups is 1. The summed E-state index contributed by atoms with van der Waals surface area (Å²) in [6.07, 6.45) is 17.3. The third-order valence-corrected chi connectivity index (χ3v) is 11.9. The fraction of sp³-hybridized carbons (Fsp3) is 0.553. The second kappa shape index (κ2) is 24.3. The smallest absolute Gasteiger partial charge is 0.155 e. The molecule has 0 aliphatic rings. The number of aromatic nitrogens is 2. The SMILES string of the molecule is CCCCCCCCCCCCSc1ccc(-n2nc(C(C)(C)C)c(N=Nc3cc(OCCCC)c(Sc4ccc(C)cc4)cc3OCCCC)c2N)c(OC)c1. The maximum absolute atomic E-state index is 6.93. The van der Waals surface area contributed by atoms with Crippen molar-refractivity contribution in [2.24, 2.45) is 10.2 Å². The molecule has 312 valence electrons. The number of azo groups is 1. The summed E-state index contributed by atoms with van der Waals surface area (Å²) in [6.45, 7) is 16.2. The minimum Gasteiger partial charge on any atom is -0.494 e. The van der Waals surface area contributed by atoms with E-state index in [1.165, 1.54) is 74.7 Å². The molecule has 0 unspecified atom stereocenters. The summed E-state index contributed by atoms with van der Waals surface area (Å²) in [5, 5.41) is 14.7. The van der Waals surface area contributed by atoms with Crippen LogP contribution in [0.25, 0.3) is 5.69 Å². The lowest BCUT2D eigenvalue weighted by molar-refractivity contribution is 0.295. The summed E-state index contributed by atoms with van der Waals surface area (Å²) in [5.74, 6) is 3.60. The van der Waals surface area contributed by atoms with Gasteiger partial charge in [0.2, 0.25) is 0 Å². The number of hydrogen-bond donors (Lipinski definition) is 1. The van der Waals surface area contributed by atoms with Gasteiger partial charge in [0, 0.05) is 27.3 Å². The van der Waals surface area contributed by atoms with Crippen LogP contribution in [-0.2, 0) is 5.41 Å². The van der Waals surface area contributed by atoms with Crippen LogP contribution < -0.4 is 19.9 Å². The number of nitrogen functional groups attached to an aromatic ring is 1. The normalized spacial score (nSPS) is 11.8. The van der Waals surface area contributed by atoms with Gasteiger partial charge in [-0.1, -0.05) is 142 Å². The Kier molecular flexibility index (Phi) is 19.7. The van der Waals surface area contributed by atoms with Gasteiger partial charge in [0.15, 0.2) is 11.5 Å². The van der Waals surface area contributed by atoms with Gasteiger partial charge in [-0.2, -0.15) is 5.10 Å². The molecular formula is C47H69N5O3S2. The average molecular weight is 816 g/mol. The molecule has 2 N–H and O–H groups in total. The molecule has 0 aliphatic heterocycles. The fourth-order valence-electron chi connectivity index (χ4n) is 6.32. The number of unbranched alkanes of at least 4 members (excludes halogenated alkanes) is 11. The Labute approximate surface area is 352 Å². The zero-order chi connectivity index (χ0) is 41.0. The number of benzene rings is 3. The largest absolute Gasteiger partial charge is 0.494 e. The molecule has 0 fully saturated rings. The van der Waals surface area contributed by atoms with E-state index >= 15 is 0 Å². The lowest BCUT2D eigenvalue weighted by atomic mass is 9.91. The van der Waals surface area contributed by atoms with E-state index in [2.05, 4.69) is 84.9 Å². The van der Waals surface area contributed by atoms with Crippen LogP contribution in [0.5, 0.6) is 17.2 Å². The Hall–Kier alpha value is -3.63. The third-order valence-electron chi connectivity index (χ3n) is 9.79. The van der Waals surface area contributed by atoms with Crippen molar-refractivity contribution in [1.82, 2.24) is 9.78 Å². The van der Waals surface area contributed by atoms with Crippen LogP contribution >= 0.6 is 23.5 Å². The molecule has 1 heterocycles. The van der Waals surface area contributed by atoms with Gasteiger partial charge < -0.3 is 19.9 Å². The average Bonchev–Trinajstić information content (AvgIpc) is 3.53. The van der Waals surface area contributed by atoms with E-state index < -0.39 is 0 Å². The summed E-state index contributed by atoms with van der Waals surface area (Å²) in [4.78, 5) is 3.27. The molecule has 4 rings (SSSR count). The van der Waals surface area contributed by atoms with Crippen LogP contribution in [0.2, 0.25) is 0 Å². The van der Waals surface area contributed by atoms with E-state index in [-0.39, 0.29) is 5.41 Å². The summed E-state index contributed by atoms with van der Waals surface area (Å²) in [7, 11) is 1.70. The van der Waals surface area contributed by atoms with E-state index in [1.807, 2.05) is 30.0 Å². The van der Waals surface area contributed by atoms with E-state index in [4.69, 9.17) is 35.3 Å². The highest BCUT2D eigenvalue weighted by Crippen LogP contribution is 2.45. The van der Waals surface area contributed by atoms with Gasteiger partial charge in [0.05, 0.1) is 30.9 Å². The monoisotopic (exact) mass is 815 g/mol. The van der Waals surface area contributed by atoms with E-state index in [1.54, 1.807) is 23.6 Å². The third kappa shape index (κ3) is 14.6. The molecule has 8 nitrogen and oxygen atoms in total. The first-order chi connectivity index (χ1) is 27.6. The standard InChI is InChI=1S/C47H69N5O3S2/c1-9-12-15-16-17-18-19-20-21-22-31-56-37-27-28-39(41(32-37)53-8)52-46(48)44(45(51-52)47(5,6)7)50-49-38-33-42(55-30-14-11-3)43(34-40(38)54-29-13-10-2)57-36-25-23-35(4)24-26-36/h23-28,32-34H,9-22,29-31,48H2,1-8H3. The zero-order valence-corrected chi connectivity index (χ0v) is 37.8. The minimum absolute atomic E-state index is 0.366. The molecule has 0 radical (unpaired) electrons. The number of anilines is 1. The van der Waals surface area contributed by atoms with Crippen molar-refractivity contribution in [2.45, 2.75) is 158 Å². The van der Waals surface area contributed by atoms with Crippen molar-refractivity contribution in [3.05, 3.63) is 65.9 Å². The van der Waals surface area contributed by atoms with Crippen LogP contribution in [0.4, 0.5) is 17.2 Å². The summed E-state index contributed by atoms with van der Waals surface area (Å²) in [6, 6.07) is 18.8. The molecular weight excluding hydrogens is 747 g/mol. The first-order valence-corrected chi connectivity index (χ1v) is 23.2. The predicted octanol–water partition coefficient (Wildman–Crippen LogP) is 15.0. The molecule has 10 heteroatoms. The number of nitrogens with two attached hydrogens (primary N) is 1. The van der Waals surface area contributed by atoms with Crippen molar-refractivity contribution < 1.29 is 14.2 Å². The zero-order valence-electron chi connectivity index (χ0n) is 36.1. The fourth-order valence-corrected chi connectivity index (χ4v) is 8.17. The number of methoxy groups -OCH3 is 1. The quantitative estimate of drug-likeness (QED) is 0.0383. The van der Waals surface area contributed by atoms with Gasteiger partial charge in [0.1, 0.15) is 28.6 Å². The Morgan fingerprint density at radius 2 is 1.28 bits per heavy atom. The Bertz CT molecular complexity index is 1820. The van der Waals surface area contributed by atoms with E-state index in [9.17, 15) is 0 Å². The highest BCUT2D eigenvalue weighted by atomic mass is 32.2. The van der Waals surface area contributed by atoms with Gasteiger partial charge in [0.25, 0.3) is 0 Å². The minimum atomic E-state index is -0.366. The maximum Gasteiger partial charge on any atom is 0.155 e. The van der Waals surface area contributed by atoms with E-state index in [0.29, 0.717) is 41.9 Å². The molecule has 57 heavy (non-hydrogen) atoms. The highest BCUT2D eigenvalue weighted by Gasteiger charge is 2.28. The van der Waals surface area contributed by atoms with Gasteiger partial charge in [-0.3, -0.25) is 0 Å². The Morgan fingerprint density at radius 3 is 1.89 bits per heavy atom. The molecule has 0 amide bonds. The topological polar surface area (TPSA) is 96.2 Å². The first-order valence-electron chi connectivity index (χ1n) is 21.4. The van der Waals surface area contributed by atoms with Crippen molar-refractivity contribution in [3.8, 4) is 22.9 Å². The van der Waals surface area contributed by atoms with Crippen molar-refractivity contribution in [2.75, 3.05) is 31.8 Å². The molecule has 3 aromatic carbocycles. The molecule has 0 saturated heterocycles. The van der Waals surface area contributed by atoms with Crippen molar-refractivity contribution >= 4 is 40.7 Å². The van der Waals surface area contributed by atoms with Crippen LogP contribution in [0.3, 0.4) is 0 Å². The Balaban J connectivity index is 1.59. The molecule has 0 aliphatic carbocycles. The second-order valence-electron chi connectivity index (χ2n) is 15.9. The van der Waals surface area contributed by atoms with Crippen molar-refractivity contribution in [1.29, 1.82) is 0 Å². The number of nitrogens with zero attached hydrogens (tertiary/aromatic N) is 4. The molecule has 0 bridgehead atoms. The van der Waals surface area contributed by atoms with Gasteiger partial charge >= 0.3 is 0 Å². The van der Waals surface area contributed by atoms with Crippen LogP contribution in [0, 0.1) is 6.92 Å². The van der Waals surface area contributed by atoms with Crippen LogP contribution in [0.15, 0.2) is 79.5 Å². The molecule has 0 spiro atoms. The molecule has 0 saturated carbocycles. The summed E-state index contributed by atoms with van der Waals surface area (Å²) >= 11 is 3.53. The van der Waals surface area contributed by atoms with Crippen molar-refractivity contribution in [3.63, 3.8) is 0 Å². The van der Waals surface area contributed by atoms with Gasteiger partial charge in [-0.05, 0) is 62.3 Å². The number of rotatable bonds is 26. The Morgan fingerprint density at radius 1 is 0.684 bits per heavy atom. The number of hydrogen-bond acceptors (Lipinski definition) is 9. The van der Waals surface area contributed by atoms with Gasteiger partial charge in [-0.15, -0.1) is 22.0 Å². The predicted molar refractivity (Wildman–Crippen MR) is 243 cm³/mol. The molecule has 4 aromatic rings. The lowest BCUT2D eigenvalue weighted by Gasteiger charge is -2.16. The second-order valence-corrected chi connectivity index (χ2v) is 18.2. The number of ether oxygens (including phenoxy) is 3. The summed E-state index contributed by atoms with van der Waals surface area (Å²) < 4.78 is 20.4. The number of aryl methyl sites for hydroxylation is 1. The molecule has 1 aromatic heterocycles. The molecule has 0 atom stereocenters. The van der Waals surface area contributed by atoms with Crippen LogP contribution in [-0.4, -0.2) is 35.9 Å². The lowest BCUT2D eigenvalue weighted by Crippen LogP contribution is -2.13. The van der Waals surface area contributed by atoms with Crippen LogP contribution in [0.1, 0.15) is 143 Å². The van der Waals surface area contributed by atoms with Gasteiger partial charge in [-0.25, -0.2) is 4.68 Å². The first kappa shape index (κ1) is 46.1.